The second-order valence-electron chi connectivity index (χ2n) is 3.85. The molecule has 1 fully saturated rings. The Morgan fingerprint density at radius 2 is 2.41 bits per heavy atom. The van der Waals surface area contributed by atoms with Gasteiger partial charge in [0.15, 0.2) is 9.84 Å². The lowest BCUT2D eigenvalue weighted by Gasteiger charge is -2.04. The summed E-state index contributed by atoms with van der Waals surface area (Å²) in [5.41, 5.74) is 2.37. The average molecular weight is 272 g/mol. The summed E-state index contributed by atoms with van der Waals surface area (Å²) in [5.74, 6) is -0.744. The van der Waals surface area contributed by atoms with Crippen molar-refractivity contribution in [3.8, 4) is 0 Å². The fraction of sp³-hybridized carbons (Fsp3) is 0.400. The first-order chi connectivity index (χ1) is 8.07. The van der Waals surface area contributed by atoms with E-state index >= 15 is 0 Å². The van der Waals surface area contributed by atoms with Crippen LogP contribution in [0.2, 0.25) is 0 Å². The van der Waals surface area contributed by atoms with Crippen LogP contribution in [0.5, 0.6) is 0 Å². The largest absolute Gasteiger partial charge is 0.273 e. The van der Waals surface area contributed by atoms with Crippen LogP contribution in [0.25, 0.3) is 0 Å². The minimum atomic E-state index is -3.02. The zero-order chi connectivity index (χ0) is 12.3. The van der Waals surface area contributed by atoms with Gasteiger partial charge in [0.1, 0.15) is 0 Å². The lowest BCUT2D eigenvalue weighted by atomic mass is 10.1. The van der Waals surface area contributed by atoms with Crippen LogP contribution in [-0.2, 0) is 14.6 Å². The van der Waals surface area contributed by atoms with Gasteiger partial charge in [0.05, 0.1) is 23.6 Å². The van der Waals surface area contributed by atoms with E-state index in [-0.39, 0.29) is 17.4 Å². The topological polar surface area (TPSA) is 75.6 Å². The lowest BCUT2D eigenvalue weighted by Crippen LogP contribution is -2.27. The molecule has 0 radical (unpaired) electrons. The van der Waals surface area contributed by atoms with Crippen LogP contribution in [-0.4, -0.2) is 32.0 Å². The average Bonchev–Trinajstić information content (AvgIpc) is 2.87. The molecule has 0 spiro atoms. The number of nitrogens with one attached hydrogen (secondary N) is 1. The molecule has 5 nitrogen and oxygen atoms in total. The Morgan fingerprint density at radius 1 is 1.59 bits per heavy atom. The van der Waals surface area contributed by atoms with Gasteiger partial charge in [-0.2, -0.15) is 5.10 Å². The van der Waals surface area contributed by atoms with Gasteiger partial charge in [0.2, 0.25) is 5.91 Å². The van der Waals surface area contributed by atoms with Crippen molar-refractivity contribution < 1.29 is 13.2 Å². The zero-order valence-electron chi connectivity index (χ0n) is 9.00. The predicted octanol–water partition coefficient (Wildman–Crippen LogP) is 0.633. The summed E-state index contributed by atoms with van der Waals surface area (Å²) in [7, 11) is -3.02. The summed E-state index contributed by atoms with van der Waals surface area (Å²) in [4.78, 5) is 12.5. The van der Waals surface area contributed by atoms with Gasteiger partial charge in [-0.1, -0.05) is 6.07 Å². The minimum absolute atomic E-state index is 0.0621. The van der Waals surface area contributed by atoms with Crippen molar-refractivity contribution in [3.05, 3.63) is 22.4 Å². The van der Waals surface area contributed by atoms with Crippen LogP contribution >= 0.6 is 11.3 Å². The number of hydrazone groups is 1. The minimum Gasteiger partial charge on any atom is -0.273 e. The summed E-state index contributed by atoms with van der Waals surface area (Å²) in [5, 5.41) is 5.71. The molecule has 0 aliphatic carbocycles. The van der Waals surface area contributed by atoms with Gasteiger partial charge in [-0.15, -0.1) is 11.3 Å². The fourth-order valence-electron chi connectivity index (χ4n) is 1.62. The van der Waals surface area contributed by atoms with E-state index in [1.165, 1.54) is 11.3 Å². The highest BCUT2D eigenvalue weighted by Gasteiger charge is 2.32. The number of thiophene rings is 1. The second-order valence-corrected chi connectivity index (χ2v) is 7.06. The van der Waals surface area contributed by atoms with Gasteiger partial charge in [0, 0.05) is 4.88 Å². The highest BCUT2D eigenvalue weighted by Crippen LogP contribution is 2.18. The first kappa shape index (κ1) is 12.3. The van der Waals surface area contributed by atoms with E-state index in [0.29, 0.717) is 6.42 Å². The van der Waals surface area contributed by atoms with E-state index in [1.54, 1.807) is 6.21 Å². The van der Waals surface area contributed by atoms with Crippen LogP contribution in [0.15, 0.2) is 22.6 Å². The Labute approximate surface area is 103 Å². The molecule has 2 rings (SSSR count). The van der Waals surface area contributed by atoms with Gasteiger partial charge in [-0.05, 0) is 17.9 Å². The van der Waals surface area contributed by atoms with E-state index in [0.717, 1.165) is 4.88 Å². The van der Waals surface area contributed by atoms with Crippen LogP contribution in [0.4, 0.5) is 0 Å². The molecule has 1 aliphatic heterocycles. The first-order valence-corrected chi connectivity index (χ1v) is 7.84. The van der Waals surface area contributed by atoms with Gasteiger partial charge < -0.3 is 0 Å². The summed E-state index contributed by atoms with van der Waals surface area (Å²) in [6.45, 7) is 0. The number of sulfone groups is 1. The monoisotopic (exact) mass is 272 g/mol. The highest BCUT2D eigenvalue weighted by molar-refractivity contribution is 7.91. The fourth-order valence-corrected chi connectivity index (χ4v) is 3.94. The molecule has 0 saturated carbocycles. The zero-order valence-corrected chi connectivity index (χ0v) is 10.6. The molecule has 2 heterocycles. The van der Waals surface area contributed by atoms with Crippen LogP contribution in [0, 0.1) is 5.92 Å². The van der Waals surface area contributed by atoms with Crippen molar-refractivity contribution >= 4 is 33.3 Å². The van der Waals surface area contributed by atoms with Gasteiger partial charge in [-0.3, -0.25) is 4.79 Å². The van der Waals surface area contributed by atoms with E-state index in [2.05, 4.69) is 10.5 Å². The third-order valence-electron chi connectivity index (χ3n) is 2.51. The normalized spacial score (nSPS) is 22.9. The number of hydrogen-bond acceptors (Lipinski definition) is 5. The lowest BCUT2D eigenvalue weighted by molar-refractivity contribution is -0.124. The van der Waals surface area contributed by atoms with Crippen molar-refractivity contribution in [2.24, 2.45) is 11.0 Å². The maximum atomic E-state index is 11.6. The first-order valence-electron chi connectivity index (χ1n) is 5.14. The van der Waals surface area contributed by atoms with Crippen molar-refractivity contribution in [2.45, 2.75) is 6.42 Å². The Hall–Kier alpha value is -1.21. The quantitative estimate of drug-likeness (QED) is 0.648. The number of carbonyl (C=O) groups excluding carboxylic acids is 1. The molecule has 1 aromatic heterocycles. The number of rotatable bonds is 3. The molecule has 17 heavy (non-hydrogen) atoms. The molecule has 1 aromatic rings. The number of nitrogens with zero attached hydrogens (tertiary/aromatic N) is 1. The van der Waals surface area contributed by atoms with Crippen LogP contribution in [0.3, 0.4) is 0 Å². The van der Waals surface area contributed by atoms with Crippen LogP contribution < -0.4 is 5.43 Å². The molecule has 0 bridgehead atoms. The maximum Gasteiger partial charge on any atom is 0.244 e. The molecule has 1 atom stereocenters. The third kappa shape index (κ3) is 3.37. The van der Waals surface area contributed by atoms with Crippen LogP contribution in [0.1, 0.15) is 11.3 Å². The van der Waals surface area contributed by atoms with E-state index < -0.39 is 15.8 Å². The molecular weight excluding hydrogens is 260 g/mol. The summed E-state index contributed by atoms with van der Waals surface area (Å²) in [6.07, 6.45) is 1.94. The highest BCUT2D eigenvalue weighted by atomic mass is 32.2. The van der Waals surface area contributed by atoms with Gasteiger partial charge >= 0.3 is 0 Å². The molecule has 1 saturated heterocycles. The van der Waals surface area contributed by atoms with Crippen molar-refractivity contribution in [1.29, 1.82) is 0 Å². The van der Waals surface area contributed by atoms with E-state index in [9.17, 15) is 13.2 Å². The molecule has 0 aromatic carbocycles. The number of hydrogen-bond donors (Lipinski definition) is 1. The summed E-state index contributed by atoms with van der Waals surface area (Å²) >= 11 is 1.51. The summed E-state index contributed by atoms with van der Waals surface area (Å²) in [6, 6.07) is 3.76. The molecule has 7 heteroatoms. The molecule has 0 unspecified atom stereocenters. The smallest absolute Gasteiger partial charge is 0.244 e. The third-order valence-corrected chi connectivity index (χ3v) is 5.09. The Morgan fingerprint density at radius 3 is 3.00 bits per heavy atom. The molecule has 92 valence electrons. The van der Waals surface area contributed by atoms with Gasteiger partial charge in [-0.25, -0.2) is 13.8 Å². The Bertz CT molecular complexity index is 520. The number of amides is 1. The predicted molar refractivity (Wildman–Crippen MR) is 66.8 cm³/mol. The molecular formula is C10H12N2O3S2. The molecule has 1 aliphatic rings. The Kier molecular flexibility index (Phi) is 3.58. The standard InChI is InChI=1S/C10H12N2O3S2/c13-10(8-3-5-17(14,15)7-8)12-11-6-9-2-1-4-16-9/h1-2,4,6,8H,3,5,7H2,(H,12,13)/b11-6-/t8-/m1/s1. The van der Waals surface area contributed by atoms with Crippen molar-refractivity contribution in [2.75, 3.05) is 11.5 Å². The maximum absolute atomic E-state index is 11.6. The van der Waals surface area contributed by atoms with Gasteiger partial charge in [0.25, 0.3) is 0 Å². The van der Waals surface area contributed by atoms with Crippen molar-refractivity contribution in [3.63, 3.8) is 0 Å². The Balaban J connectivity index is 1.86. The van der Waals surface area contributed by atoms with Crippen molar-refractivity contribution in [1.82, 2.24) is 5.43 Å². The number of carbonyl (C=O) groups is 1. The molecule has 1 N–H and O–H groups in total. The molecule has 1 amide bonds. The SMILES string of the molecule is O=C(N/N=C\c1cccs1)[C@@H]1CCS(=O)(=O)C1. The van der Waals surface area contributed by atoms with E-state index in [1.807, 2.05) is 17.5 Å². The van der Waals surface area contributed by atoms with E-state index in [4.69, 9.17) is 0 Å². The summed E-state index contributed by atoms with van der Waals surface area (Å²) < 4.78 is 22.4. The second kappa shape index (κ2) is 4.97.